The summed E-state index contributed by atoms with van der Waals surface area (Å²) < 4.78 is 13.4. The SMILES string of the molecule is CCC1(C(=O)O)CCN(C(C)c2cc(F)ccc2O)CC1. The molecule has 21 heavy (non-hydrogen) atoms. The van der Waals surface area contributed by atoms with Gasteiger partial charge < -0.3 is 10.2 Å². The summed E-state index contributed by atoms with van der Waals surface area (Å²) in [7, 11) is 0. The van der Waals surface area contributed by atoms with Crippen LogP contribution in [0.1, 0.15) is 44.7 Å². The molecule has 0 saturated carbocycles. The van der Waals surface area contributed by atoms with Gasteiger partial charge in [-0.3, -0.25) is 9.69 Å². The smallest absolute Gasteiger partial charge is 0.309 e. The van der Waals surface area contributed by atoms with Crippen molar-refractivity contribution in [1.29, 1.82) is 0 Å². The normalized spacial score (nSPS) is 20.1. The molecule has 1 fully saturated rings. The quantitative estimate of drug-likeness (QED) is 0.895. The molecule has 0 aliphatic carbocycles. The molecule has 1 unspecified atom stereocenters. The molecule has 116 valence electrons. The van der Waals surface area contributed by atoms with Gasteiger partial charge in [0.05, 0.1) is 5.41 Å². The Morgan fingerprint density at radius 3 is 2.57 bits per heavy atom. The number of halogens is 1. The van der Waals surface area contributed by atoms with Crippen LogP contribution in [0, 0.1) is 11.2 Å². The third kappa shape index (κ3) is 3.02. The van der Waals surface area contributed by atoms with Crippen LogP contribution in [0.25, 0.3) is 0 Å². The van der Waals surface area contributed by atoms with Gasteiger partial charge in [-0.15, -0.1) is 0 Å². The Bertz CT molecular complexity index is 524. The Kier molecular flexibility index (Phi) is 4.52. The van der Waals surface area contributed by atoms with Gasteiger partial charge in [0.25, 0.3) is 0 Å². The molecule has 0 amide bonds. The van der Waals surface area contributed by atoms with Gasteiger partial charge in [-0.1, -0.05) is 6.92 Å². The Morgan fingerprint density at radius 1 is 1.43 bits per heavy atom. The largest absolute Gasteiger partial charge is 0.508 e. The van der Waals surface area contributed by atoms with E-state index in [0.29, 0.717) is 37.9 Å². The van der Waals surface area contributed by atoms with Gasteiger partial charge in [0.1, 0.15) is 11.6 Å². The second kappa shape index (κ2) is 6.02. The van der Waals surface area contributed by atoms with E-state index in [0.717, 1.165) is 0 Å². The summed E-state index contributed by atoms with van der Waals surface area (Å²) in [6, 6.07) is 3.80. The molecule has 2 rings (SSSR count). The zero-order chi connectivity index (χ0) is 15.6. The Morgan fingerprint density at radius 2 is 2.05 bits per heavy atom. The maximum absolute atomic E-state index is 13.4. The molecule has 5 heteroatoms. The molecule has 1 heterocycles. The fraction of sp³-hybridized carbons (Fsp3) is 0.562. The summed E-state index contributed by atoms with van der Waals surface area (Å²) >= 11 is 0. The van der Waals surface area contributed by atoms with Crippen LogP contribution in [0.15, 0.2) is 18.2 Å². The molecular weight excluding hydrogens is 273 g/mol. The van der Waals surface area contributed by atoms with Crippen LogP contribution in [-0.2, 0) is 4.79 Å². The van der Waals surface area contributed by atoms with Gasteiger partial charge in [-0.05, 0) is 57.5 Å². The fourth-order valence-corrected chi connectivity index (χ4v) is 3.11. The zero-order valence-corrected chi connectivity index (χ0v) is 12.5. The molecule has 1 aliphatic heterocycles. The van der Waals surface area contributed by atoms with Crippen LogP contribution in [0.2, 0.25) is 0 Å². The molecule has 1 atom stereocenters. The molecule has 0 radical (unpaired) electrons. The number of carbonyl (C=O) groups is 1. The second-order valence-electron chi connectivity index (χ2n) is 5.85. The van der Waals surface area contributed by atoms with Crippen molar-refractivity contribution < 1.29 is 19.4 Å². The average molecular weight is 295 g/mol. The number of carboxylic acids is 1. The van der Waals surface area contributed by atoms with Crippen LogP contribution in [-0.4, -0.2) is 34.2 Å². The minimum atomic E-state index is -0.731. The van der Waals surface area contributed by atoms with Crippen molar-refractivity contribution in [3.8, 4) is 5.75 Å². The molecule has 0 spiro atoms. The third-order valence-corrected chi connectivity index (χ3v) is 4.87. The molecule has 1 aliphatic rings. The van der Waals surface area contributed by atoms with Gasteiger partial charge in [0.2, 0.25) is 0 Å². The number of benzene rings is 1. The fourth-order valence-electron chi connectivity index (χ4n) is 3.11. The van der Waals surface area contributed by atoms with Gasteiger partial charge in [-0.2, -0.15) is 0 Å². The van der Waals surface area contributed by atoms with E-state index in [1.807, 2.05) is 13.8 Å². The maximum atomic E-state index is 13.4. The summed E-state index contributed by atoms with van der Waals surface area (Å²) in [5.41, 5.74) is -0.0884. The highest BCUT2D eigenvalue weighted by molar-refractivity contribution is 5.74. The van der Waals surface area contributed by atoms with E-state index in [9.17, 15) is 19.4 Å². The van der Waals surface area contributed by atoms with E-state index in [1.165, 1.54) is 18.2 Å². The highest BCUT2D eigenvalue weighted by Gasteiger charge is 2.40. The highest BCUT2D eigenvalue weighted by atomic mass is 19.1. The predicted molar refractivity (Wildman–Crippen MR) is 77.6 cm³/mol. The molecular formula is C16H22FNO3. The van der Waals surface area contributed by atoms with Crippen molar-refractivity contribution in [1.82, 2.24) is 4.90 Å². The summed E-state index contributed by atoms with van der Waals surface area (Å²) in [6.07, 6.45) is 1.79. The number of aromatic hydroxyl groups is 1. The van der Waals surface area contributed by atoms with Gasteiger partial charge in [0.15, 0.2) is 0 Å². The van der Waals surface area contributed by atoms with Crippen molar-refractivity contribution in [2.75, 3.05) is 13.1 Å². The van der Waals surface area contributed by atoms with Crippen LogP contribution in [0.4, 0.5) is 4.39 Å². The molecule has 1 saturated heterocycles. The maximum Gasteiger partial charge on any atom is 0.309 e. The van der Waals surface area contributed by atoms with E-state index in [2.05, 4.69) is 4.90 Å². The first-order valence-corrected chi connectivity index (χ1v) is 7.35. The molecule has 1 aromatic rings. The number of piperidine rings is 1. The van der Waals surface area contributed by atoms with Crippen molar-refractivity contribution in [2.24, 2.45) is 5.41 Å². The highest BCUT2D eigenvalue weighted by Crippen LogP contribution is 2.39. The van der Waals surface area contributed by atoms with E-state index < -0.39 is 11.4 Å². The van der Waals surface area contributed by atoms with Crippen LogP contribution in [0.5, 0.6) is 5.75 Å². The van der Waals surface area contributed by atoms with Gasteiger partial charge in [-0.25, -0.2) is 4.39 Å². The first-order valence-electron chi connectivity index (χ1n) is 7.35. The first-order chi connectivity index (χ1) is 9.89. The standard InChI is InChI=1S/C16H22FNO3/c1-3-16(15(20)21)6-8-18(9-7-16)11(2)13-10-12(17)4-5-14(13)19/h4-5,10-11,19H,3,6-9H2,1-2H3,(H,20,21). The Balaban J connectivity index is 2.11. The van der Waals surface area contributed by atoms with Gasteiger partial charge >= 0.3 is 5.97 Å². The number of hydrogen-bond acceptors (Lipinski definition) is 3. The van der Waals surface area contributed by atoms with Crippen LogP contribution >= 0.6 is 0 Å². The lowest BCUT2D eigenvalue weighted by atomic mass is 9.76. The lowest BCUT2D eigenvalue weighted by molar-refractivity contribution is -0.152. The number of likely N-dealkylation sites (tertiary alicyclic amines) is 1. The molecule has 4 nitrogen and oxygen atoms in total. The summed E-state index contributed by atoms with van der Waals surface area (Å²) in [5.74, 6) is -1.03. The summed E-state index contributed by atoms with van der Waals surface area (Å²) in [4.78, 5) is 13.5. The number of phenolic OH excluding ortho intramolecular Hbond substituents is 1. The van der Waals surface area contributed by atoms with Crippen LogP contribution < -0.4 is 0 Å². The lowest BCUT2D eigenvalue weighted by Gasteiger charge is -2.41. The summed E-state index contributed by atoms with van der Waals surface area (Å²) in [5, 5.41) is 19.3. The Labute approximate surface area is 124 Å². The van der Waals surface area contributed by atoms with E-state index in [4.69, 9.17) is 0 Å². The van der Waals surface area contributed by atoms with Gasteiger partial charge in [0, 0.05) is 11.6 Å². The number of aliphatic carboxylic acids is 1. The molecule has 2 N–H and O–H groups in total. The third-order valence-electron chi connectivity index (χ3n) is 4.87. The molecule has 0 aromatic heterocycles. The molecule has 0 bridgehead atoms. The lowest BCUT2D eigenvalue weighted by Crippen LogP contribution is -2.44. The summed E-state index contributed by atoms with van der Waals surface area (Å²) in [6.45, 7) is 5.09. The van der Waals surface area contributed by atoms with Crippen molar-refractivity contribution in [2.45, 2.75) is 39.2 Å². The van der Waals surface area contributed by atoms with E-state index in [1.54, 1.807) is 0 Å². The first kappa shape index (κ1) is 15.8. The zero-order valence-electron chi connectivity index (χ0n) is 12.5. The number of carboxylic acid groups (broad SMARTS) is 1. The number of nitrogens with zero attached hydrogens (tertiary/aromatic N) is 1. The topological polar surface area (TPSA) is 60.8 Å². The average Bonchev–Trinajstić information content (AvgIpc) is 2.49. The minimum Gasteiger partial charge on any atom is -0.508 e. The van der Waals surface area contributed by atoms with Crippen LogP contribution in [0.3, 0.4) is 0 Å². The number of hydrogen-bond donors (Lipinski definition) is 2. The minimum absolute atomic E-state index is 0.0782. The number of rotatable bonds is 4. The van der Waals surface area contributed by atoms with E-state index in [-0.39, 0.29) is 17.6 Å². The predicted octanol–water partition coefficient (Wildman–Crippen LogP) is 3.17. The van der Waals surface area contributed by atoms with E-state index >= 15 is 0 Å². The van der Waals surface area contributed by atoms with Crippen molar-refractivity contribution in [3.63, 3.8) is 0 Å². The monoisotopic (exact) mass is 295 g/mol. The van der Waals surface area contributed by atoms with Crippen molar-refractivity contribution in [3.05, 3.63) is 29.6 Å². The Hall–Kier alpha value is -1.62. The number of phenols is 1. The molecule has 1 aromatic carbocycles. The van der Waals surface area contributed by atoms with Crippen molar-refractivity contribution >= 4 is 5.97 Å². The second-order valence-corrected chi connectivity index (χ2v) is 5.85.